The molecule has 2 rings (SSSR count). The number of hydrogen-bond donors (Lipinski definition) is 2. The van der Waals surface area contributed by atoms with Crippen LogP contribution < -0.4 is 10.6 Å². The molecule has 4 nitrogen and oxygen atoms in total. The van der Waals surface area contributed by atoms with Crippen molar-refractivity contribution >= 4 is 29.1 Å². The van der Waals surface area contributed by atoms with Gasteiger partial charge in [-0.05, 0) is 44.7 Å². The number of thiazole rings is 1. The number of aryl methyl sites for hydroxylation is 2. The number of benzene rings is 1. The molecule has 0 fully saturated rings. The van der Waals surface area contributed by atoms with Crippen LogP contribution in [0.15, 0.2) is 34.2 Å². The highest BCUT2D eigenvalue weighted by Gasteiger charge is 2.04. The van der Waals surface area contributed by atoms with Gasteiger partial charge in [-0.3, -0.25) is 0 Å². The van der Waals surface area contributed by atoms with E-state index in [0.717, 1.165) is 31.2 Å². The minimum Gasteiger partial charge on any atom is -0.357 e. The molecule has 0 bridgehead atoms. The fourth-order valence-corrected chi connectivity index (χ4v) is 3.52. The highest BCUT2D eigenvalue weighted by atomic mass is 32.2. The van der Waals surface area contributed by atoms with Crippen molar-refractivity contribution in [2.75, 3.05) is 19.3 Å². The second-order valence-corrected chi connectivity index (χ2v) is 7.64. The van der Waals surface area contributed by atoms with Crippen molar-refractivity contribution in [2.24, 2.45) is 4.99 Å². The molecular weight excluding hydrogens is 336 g/mol. The maximum absolute atomic E-state index is 4.66. The summed E-state index contributed by atoms with van der Waals surface area (Å²) < 4.78 is 0. The van der Waals surface area contributed by atoms with E-state index in [2.05, 4.69) is 71.9 Å². The quantitative estimate of drug-likeness (QED) is 0.447. The summed E-state index contributed by atoms with van der Waals surface area (Å²) in [6.07, 6.45) is 3.01. The van der Waals surface area contributed by atoms with Crippen LogP contribution in [0.1, 0.15) is 28.1 Å². The average Bonchev–Trinajstić information content (AvgIpc) is 2.91. The fourth-order valence-electron chi connectivity index (χ4n) is 2.18. The highest BCUT2D eigenvalue weighted by molar-refractivity contribution is 7.98. The fraction of sp³-hybridized carbons (Fsp3) is 0.444. The van der Waals surface area contributed by atoms with Crippen molar-refractivity contribution < 1.29 is 0 Å². The number of rotatable bonds is 7. The number of nitrogens with one attached hydrogen (secondary N) is 2. The monoisotopic (exact) mass is 362 g/mol. The van der Waals surface area contributed by atoms with Crippen molar-refractivity contribution in [3.05, 3.63) is 45.4 Å². The predicted octanol–water partition coefficient (Wildman–Crippen LogP) is 3.78. The Hall–Kier alpha value is -1.53. The lowest BCUT2D eigenvalue weighted by molar-refractivity contribution is 0.795. The Kier molecular flexibility index (Phi) is 7.59. The molecule has 0 aliphatic carbocycles. The van der Waals surface area contributed by atoms with Gasteiger partial charge in [-0.1, -0.05) is 12.1 Å². The number of hydrogen-bond acceptors (Lipinski definition) is 4. The van der Waals surface area contributed by atoms with E-state index in [1.807, 2.05) is 0 Å². The van der Waals surface area contributed by atoms with Crippen LogP contribution in [0.25, 0.3) is 0 Å². The second-order valence-electron chi connectivity index (χ2n) is 5.47. The minimum absolute atomic E-state index is 0.680. The number of thioether (sulfide) groups is 1. The Bertz CT molecular complexity index is 643. The molecule has 130 valence electrons. The summed E-state index contributed by atoms with van der Waals surface area (Å²) in [6, 6.07) is 8.56. The first kappa shape index (κ1) is 18.8. The van der Waals surface area contributed by atoms with E-state index in [9.17, 15) is 0 Å². The van der Waals surface area contributed by atoms with Crippen LogP contribution in [-0.4, -0.2) is 30.3 Å². The molecule has 6 heteroatoms. The smallest absolute Gasteiger partial charge is 0.191 e. The molecule has 0 saturated carbocycles. The molecule has 2 N–H and O–H groups in total. The van der Waals surface area contributed by atoms with Crippen LogP contribution in [0.5, 0.6) is 0 Å². The van der Waals surface area contributed by atoms with Gasteiger partial charge >= 0.3 is 0 Å². The third-order valence-corrected chi connectivity index (χ3v) is 5.50. The summed E-state index contributed by atoms with van der Waals surface area (Å²) >= 11 is 3.54. The van der Waals surface area contributed by atoms with Crippen LogP contribution in [0.2, 0.25) is 0 Å². The van der Waals surface area contributed by atoms with Crippen LogP contribution >= 0.6 is 23.1 Å². The Morgan fingerprint density at radius 3 is 2.54 bits per heavy atom. The zero-order valence-corrected chi connectivity index (χ0v) is 16.5. The Morgan fingerprint density at radius 2 is 1.96 bits per heavy atom. The second kappa shape index (κ2) is 9.69. The molecule has 0 amide bonds. The van der Waals surface area contributed by atoms with E-state index in [-0.39, 0.29) is 0 Å². The van der Waals surface area contributed by atoms with Crippen LogP contribution in [-0.2, 0) is 13.0 Å². The lowest BCUT2D eigenvalue weighted by Crippen LogP contribution is -2.38. The summed E-state index contributed by atoms with van der Waals surface area (Å²) in [5, 5.41) is 7.87. The summed E-state index contributed by atoms with van der Waals surface area (Å²) in [7, 11) is 0. The molecule has 0 radical (unpaired) electrons. The van der Waals surface area contributed by atoms with E-state index in [0.29, 0.717) is 6.54 Å². The Morgan fingerprint density at radius 1 is 1.21 bits per heavy atom. The van der Waals surface area contributed by atoms with E-state index in [1.54, 1.807) is 23.1 Å². The van der Waals surface area contributed by atoms with Gasteiger partial charge in [0.15, 0.2) is 5.96 Å². The van der Waals surface area contributed by atoms with Crippen LogP contribution in [0.4, 0.5) is 0 Å². The van der Waals surface area contributed by atoms with Gasteiger partial charge in [0.25, 0.3) is 0 Å². The van der Waals surface area contributed by atoms with E-state index in [4.69, 9.17) is 0 Å². The number of aromatic nitrogens is 1. The molecule has 0 saturated heterocycles. The molecule has 2 aromatic rings. The van der Waals surface area contributed by atoms with Crippen molar-refractivity contribution in [3.63, 3.8) is 0 Å². The molecule has 0 atom stereocenters. The van der Waals surface area contributed by atoms with Gasteiger partial charge in [0.1, 0.15) is 0 Å². The van der Waals surface area contributed by atoms with Gasteiger partial charge in [0.05, 0.1) is 17.2 Å². The summed E-state index contributed by atoms with van der Waals surface area (Å²) in [5.41, 5.74) is 2.36. The number of nitrogens with zero attached hydrogens (tertiary/aromatic N) is 2. The van der Waals surface area contributed by atoms with E-state index in [1.165, 1.54) is 20.3 Å². The molecule has 0 aliphatic rings. The molecule has 1 aromatic heterocycles. The predicted molar refractivity (Wildman–Crippen MR) is 106 cm³/mol. The summed E-state index contributed by atoms with van der Waals surface area (Å²) in [6.45, 7) is 8.64. The van der Waals surface area contributed by atoms with Crippen molar-refractivity contribution in [1.29, 1.82) is 0 Å². The summed E-state index contributed by atoms with van der Waals surface area (Å²) in [4.78, 5) is 11.8. The summed E-state index contributed by atoms with van der Waals surface area (Å²) in [5.74, 6) is 0.858. The maximum atomic E-state index is 4.66. The third-order valence-electron chi connectivity index (χ3n) is 3.63. The number of guanidine groups is 1. The van der Waals surface area contributed by atoms with Gasteiger partial charge in [0.2, 0.25) is 0 Å². The lowest BCUT2D eigenvalue weighted by atomic mass is 10.2. The maximum Gasteiger partial charge on any atom is 0.191 e. The van der Waals surface area contributed by atoms with E-state index < -0.39 is 0 Å². The molecule has 0 spiro atoms. The normalized spacial score (nSPS) is 11.6. The first-order chi connectivity index (χ1) is 11.6. The van der Waals surface area contributed by atoms with Gasteiger partial charge in [-0.25, -0.2) is 9.98 Å². The average molecular weight is 363 g/mol. The van der Waals surface area contributed by atoms with Gasteiger partial charge in [-0.2, -0.15) is 0 Å². The standard InChI is InChI=1S/C18H26N4S2/c1-5-19-18(20-11-10-17-22-13(2)14(3)24-17)21-12-15-6-8-16(23-4)9-7-15/h6-9H,5,10-12H2,1-4H3,(H2,19,20,21). The van der Waals surface area contributed by atoms with Crippen molar-refractivity contribution in [2.45, 2.75) is 38.6 Å². The SMILES string of the molecule is CCNC(=NCc1ccc(SC)cc1)NCCc1nc(C)c(C)s1. The molecule has 24 heavy (non-hydrogen) atoms. The largest absolute Gasteiger partial charge is 0.357 e. The van der Waals surface area contributed by atoms with Crippen LogP contribution in [0, 0.1) is 13.8 Å². The lowest BCUT2D eigenvalue weighted by Gasteiger charge is -2.10. The minimum atomic E-state index is 0.680. The Balaban J connectivity index is 1.87. The number of aliphatic imine (C=N–C) groups is 1. The highest BCUT2D eigenvalue weighted by Crippen LogP contribution is 2.16. The first-order valence-electron chi connectivity index (χ1n) is 8.20. The molecular formula is C18H26N4S2. The molecule has 1 heterocycles. The first-order valence-corrected chi connectivity index (χ1v) is 10.2. The zero-order valence-electron chi connectivity index (χ0n) is 14.8. The van der Waals surface area contributed by atoms with Crippen LogP contribution in [0.3, 0.4) is 0 Å². The van der Waals surface area contributed by atoms with Crippen molar-refractivity contribution in [3.8, 4) is 0 Å². The van der Waals surface area contributed by atoms with Crippen molar-refractivity contribution in [1.82, 2.24) is 15.6 Å². The molecule has 0 unspecified atom stereocenters. The Labute approximate surface area is 153 Å². The molecule has 0 aliphatic heterocycles. The van der Waals surface area contributed by atoms with Gasteiger partial charge < -0.3 is 10.6 Å². The molecule has 1 aromatic carbocycles. The topological polar surface area (TPSA) is 49.3 Å². The van der Waals surface area contributed by atoms with E-state index >= 15 is 0 Å². The third kappa shape index (κ3) is 5.83. The van der Waals surface area contributed by atoms with Gasteiger partial charge in [-0.15, -0.1) is 23.1 Å². The zero-order chi connectivity index (χ0) is 17.4. The van der Waals surface area contributed by atoms with Gasteiger partial charge in [0, 0.05) is 29.3 Å².